The first-order chi connectivity index (χ1) is 12.7. The zero-order chi connectivity index (χ0) is 18.6. The molecule has 0 bridgehead atoms. The Hall–Kier alpha value is -2.23. The lowest BCUT2D eigenvalue weighted by molar-refractivity contribution is 0.192. The zero-order valence-corrected chi connectivity index (χ0v) is 16.3. The molecule has 0 radical (unpaired) electrons. The second kappa shape index (κ2) is 11.4. The first kappa shape index (κ1) is 20.1. The van der Waals surface area contributed by atoms with Crippen molar-refractivity contribution in [2.75, 3.05) is 13.1 Å². The molecule has 0 unspecified atom stereocenters. The Balaban J connectivity index is 2.02. The van der Waals surface area contributed by atoms with Crippen LogP contribution in [0.4, 0.5) is 4.79 Å². The lowest BCUT2D eigenvalue weighted by Gasteiger charge is -2.24. The number of unbranched alkanes of at least 4 members (excludes halogenated alkanes) is 3. The van der Waals surface area contributed by atoms with Crippen LogP contribution in [0.5, 0.6) is 0 Å². The van der Waals surface area contributed by atoms with Gasteiger partial charge in [0.2, 0.25) is 0 Å². The van der Waals surface area contributed by atoms with E-state index in [1.54, 1.807) is 0 Å². The predicted octanol–water partition coefficient (Wildman–Crippen LogP) is 5.04. The first-order valence-corrected chi connectivity index (χ1v) is 9.95. The fraction of sp³-hybridized carbons (Fsp3) is 0.500. The normalized spacial score (nSPS) is 10.7. The van der Waals surface area contributed by atoms with E-state index in [4.69, 9.17) is 0 Å². The van der Waals surface area contributed by atoms with Gasteiger partial charge >= 0.3 is 6.03 Å². The standard InChI is InChI=1S/C22H33N3O/c1-3-5-10-16-25(22(26)23-15-6-4-2)19-21-14-11-17-24(21)18-20-12-8-7-9-13-20/h7-9,11-14,17H,3-6,10,15-16,18-19H2,1-2H3,(H,23,26). The van der Waals surface area contributed by atoms with Crippen LogP contribution in [-0.2, 0) is 13.1 Å². The Bertz CT molecular complexity index is 636. The summed E-state index contributed by atoms with van der Waals surface area (Å²) in [4.78, 5) is 14.6. The van der Waals surface area contributed by atoms with Crippen LogP contribution < -0.4 is 5.32 Å². The number of urea groups is 1. The number of nitrogens with one attached hydrogen (secondary N) is 1. The number of hydrogen-bond acceptors (Lipinski definition) is 1. The van der Waals surface area contributed by atoms with Gasteiger partial charge in [0.25, 0.3) is 0 Å². The monoisotopic (exact) mass is 355 g/mol. The van der Waals surface area contributed by atoms with Crippen molar-refractivity contribution in [3.8, 4) is 0 Å². The Morgan fingerprint density at radius 2 is 1.77 bits per heavy atom. The van der Waals surface area contributed by atoms with Crippen LogP contribution in [0.25, 0.3) is 0 Å². The van der Waals surface area contributed by atoms with Gasteiger partial charge in [-0.1, -0.05) is 63.4 Å². The van der Waals surface area contributed by atoms with Crippen LogP contribution in [0.15, 0.2) is 48.7 Å². The van der Waals surface area contributed by atoms with Gasteiger partial charge in [0.1, 0.15) is 0 Å². The maximum Gasteiger partial charge on any atom is 0.317 e. The van der Waals surface area contributed by atoms with Crippen molar-refractivity contribution >= 4 is 6.03 Å². The van der Waals surface area contributed by atoms with Gasteiger partial charge in [-0.2, -0.15) is 0 Å². The van der Waals surface area contributed by atoms with Crippen LogP contribution in [0.3, 0.4) is 0 Å². The van der Waals surface area contributed by atoms with Crippen LogP contribution in [0.1, 0.15) is 57.2 Å². The third-order valence-electron chi connectivity index (χ3n) is 4.60. The highest BCUT2D eigenvalue weighted by Crippen LogP contribution is 2.12. The number of hydrogen-bond donors (Lipinski definition) is 1. The van der Waals surface area contributed by atoms with E-state index in [1.807, 2.05) is 11.0 Å². The molecule has 0 aliphatic carbocycles. The first-order valence-electron chi connectivity index (χ1n) is 9.95. The third-order valence-corrected chi connectivity index (χ3v) is 4.60. The van der Waals surface area contributed by atoms with Gasteiger partial charge in [0.15, 0.2) is 0 Å². The zero-order valence-electron chi connectivity index (χ0n) is 16.3. The number of nitrogens with zero attached hydrogens (tertiary/aromatic N) is 2. The fourth-order valence-electron chi connectivity index (χ4n) is 3.01. The fourth-order valence-corrected chi connectivity index (χ4v) is 3.01. The highest BCUT2D eigenvalue weighted by atomic mass is 16.2. The molecule has 142 valence electrons. The van der Waals surface area contributed by atoms with Gasteiger partial charge in [-0.15, -0.1) is 0 Å². The molecular weight excluding hydrogens is 322 g/mol. The molecule has 1 aromatic heterocycles. The summed E-state index contributed by atoms with van der Waals surface area (Å²) in [5.74, 6) is 0. The molecule has 0 aliphatic rings. The molecule has 2 rings (SSSR count). The quantitative estimate of drug-likeness (QED) is 0.563. The Labute approximate surface area is 158 Å². The molecule has 0 saturated carbocycles. The molecule has 0 saturated heterocycles. The van der Waals surface area contributed by atoms with E-state index < -0.39 is 0 Å². The molecule has 1 heterocycles. The van der Waals surface area contributed by atoms with Crippen LogP contribution in [-0.4, -0.2) is 28.6 Å². The molecule has 1 aromatic carbocycles. The lowest BCUT2D eigenvalue weighted by atomic mass is 10.2. The summed E-state index contributed by atoms with van der Waals surface area (Å²) in [7, 11) is 0. The van der Waals surface area contributed by atoms with Crippen molar-refractivity contribution in [1.29, 1.82) is 0 Å². The van der Waals surface area contributed by atoms with Crippen LogP contribution in [0.2, 0.25) is 0 Å². The average molecular weight is 356 g/mol. The number of amides is 2. The minimum atomic E-state index is 0.0574. The lowest BCUT2D eigenvalue weighted by Crippen LogP contribution is -2.40. The summed E-state index contributed by atoms with van der Waals surface area (Å²) >= 11 is 0. The van der Waals surface area contributed by atoms with Gasteiger partial charge in [0.05, 0.1) is 6.54 Å². The van der Waals surface area contributed by atoms with Crippen LogP contribution in [0, 0.1) is 0 Å². The van der Waals surface area contributed by atoms with Crippen molar-refractivity contribution in [2.24, 2.45) is 0 Å². The van der Waals surface area contributed by atoms with E-state index >= 15 is 0 Å². The van der Waals surface area contributed by atoms with Gasteiger partial charge in [0, 0.05) is 31.5 Å². The van der Waals surface area contributed by atoms with Crippen molar-refractivity contribution in [3.05, 3.63) is 59.9 Å². The molecule has 0 aliphatic heterocycles. The predicted molar refractivity (Wildman–Crippen MR) is 108 cm³/mol. The Kier molecular flexibility index (Phi) is 8.81. The third kappa shape index (κ3) is 6.58. The summed E-state index contributed by atoms with van der Waals surface area (Å²) in [6.45, 7) is 7.39. The summed E-state index contributed by atoms with van der Waals surface area (Å²) in [5.41, 5.74) is 2.45. The van der Waals surface area contributed by atoms with E-state index in [0.717, 1.165) is 51.7 Å². The molecule has 4 nitrogen and oxygen atoms in total. The number of aromatic nitrogens is 1. The topological polar surface area (TPSA) is 37.3 Å². The second-order valence-corrected chi connectivity index (χ2v) is 6.83. The second-order valence-electron chi connectivity index (χ2n) is 6.83. The molecule has 0 atom stereocenters. The van der Waals surface area contributed by atoms with Crippen molar-refractivity contribution in [2.45, 2.75) is 59.0 Å². The van der Waals surface area contributed by atoms with E-state index in [-0.39, 0.29) is 6.03 Å². The minimum Gasteiger partial charge on any atom is -0.345 e. The summed E-state index contributed by atoms with van der Waals surface area (Å²) in [5, 5.41) is 3.07. The summed E-state index contributed by atoms with van der Waals surface area (Å²) in [6, 6.07) is 14.7. The molecule has 4 heteroatoms. The number of benzene rings is 1. The maximum atomic E-state index is 12.6. The van der Waals surface area contributed by atoms with E-state index in [9.17, 15) is 4.79 Å². The summed E-state index contributed by atoms with van der Waals surface area (Å²) in [6.07, 6.45) is 7.59. The van der Waals surface area contributed by atoms with Gasteiger partial charge in [-0.05, 0) is 30.5 Å². The maximum absolute atomic E-state index is 12.6. The number of rotatable bonds is 11. The van der Waals surface area contributed by atoms with E-state index in [0.29, 0.717) is 6.54 Å². The van der Waals surface area contributed by atoms with Crippen molar-refractivity contribution in [3.63, 3.8) is 0 Å². The average Bonchev–Trinajstić information content (AvgIpc) is 3.08. The van der Waals surface area contributed by atoms with E-state index in [2.05, 4.69) is 66.3 Å². The van der Waals surface area contributed by atoms with Crippen molar-refractivity contribution < 1.29 is 4.79 Å². The largest absolute Gasteiger partial charge is 0.345 e. The molecule has 0 fully saturated rings. The molecule has 26 heavy (non-hydrogen) atoms. The van der Waals surface area contributed by atoms with Crippen LogP contribution >= 0.6 is 0 Å². The molecule has 2 aromatic rings. The molecule has 1 N–H and O–H groups in total. The molecular formula is C22H33N3O. The minimum absolute atomic E-state index is 0.0574. The highest BCUT2D eigenvalue weighted by molar-refractivity contribution is 5.74. The SMILES string of the molecule is CCCCCN(Cc1cccn1Cc1ccccc1)C(=O)NCCCC. The van der Waals surface area contributed by atoms with Gasteiger partial charge in [-0.3, -0.25) is 0 Å². The van der Waals surface area contributed by atoms with Gasteiger partial charge in [-0.25, -0.2) is 4.79 Å². The Morgan fingerprint density at radius 1 is 1.00 bits per heavy atom. The molecule has 2 amide bonds. The van der Waals surface area contributed by atoms with E-state index in [1.165, 1.54) is 11.3 Å². The number of carbonyl (C=O) groups excluding carboxylic acids is 1. The molecule has 0 spiro atoms. The van der Waals surface area contributed by atoms with Crippen molar-refractivity contribution in [1.82, 2.24) is 14.8 Å². The smallest absolute Gasteiger partial charge is 0.317 e. The highest BCUT2D eigenvalue weighted by Gasteiger charge is 2.15. The summed E-state index contributed by atoms with van der Waals surface area (Å²) < 4.78 is 2.24. The van der Waals surface area contributed by atoms with Gasteiger partial charge < -0.3 is 14.8 Å². The Morgan fingerprint density at radius 3 is 2.50 bits per heavy atom. The number of carbonyl (C=O) groups is 1.